The number of amides is 2. The molecule has 1 aliphatic heterocycles. The van der Waals surface area contributed by atoms with E-state index in [0.717, 1.165) is 23.5 Å². The smallest absolute Gasteiger partial charge is 0.276 e. The highest BCUT2D eigenvalue weighted by Crippen LogP contribution is 2.28. The molecule has 0 spiro atoms. The summed E-state index contributed by atoms with van der Waals surface area (Å²) in [5.41, 5.74) is 1.35. The van der Waals surface area contributed by atoms with Gasteiger partial charge in [0.2, 0.25) is 5.91 Å². The number of carbonyl (C=O) groups excluding carboxylic acids is 2. The average Bonchev–Trinajstić information content (AvgIpc) is 3.02. The monoisotopic (exact) mass is 357 g/mol. The molecule has 0 saturated heterocycles. The lowest BCUT2D eigenvalue weighted by atomic mass is 10.2. The maximum absolute atomic E-state index is 12.2. The molecule has 0 fully saturated rings. The molecule has 0 atom stereocenters. The summed E-state index contributed by atoms with van der Waals surface area (Å²) in [4.78, 5) is 35.7. The first-order valence-electron chi connectivity index (χ1n) is 7.96. The third-order valence-corrected chi connectivity index (χ3v) is 4.74. The van der Waals surface area contributed by atoms with Gasteiger partial charge in [0.1, 0.15) is 5.69 Å². The van der Waals surface area contributed by atoms with E-state index in [2.05, 4.69) is 32.1 Å². The number of pyridine rings is 1. The van der Waals surface area contributed by atoms with E-state index in [0.29, 0.717) is 30.5 Å². The average molecular weight is 357 g/mol. The van der Waals surface area contributed by atoms with Crippen molar-refractivity contribution in [2.75, 3.05) is 25.0 Å². The van der Waals surface area contributed by atoms with Gasteiger partial charge in [-0.2, -0.15) is 0 Å². The van der Waals surface area contributed by atoms with Crippen molar-refractivity contribution in [1.29, 1.82) is 0 Å². The van der Waals surface area contributed by atoms with Gasteiger partial charge >= 0.3 is 0 Å². The van der Waals surface area contributed by atoms with E-state index in [1.54, 1.807) is 30.5 Å². The predicted octanol–water partition coefficient (Wildman–Crippen LogP) is 1.45. The fourth-order valence-corrected chi connectivity index (χ4v) is 3.59. The lowest BCUT2D eigenvalue weighted by Gasteiger charge is -2.24. The van der Waals surface area contributed by atoms with Crippen LogP contribution >= 0.6 is 11.3 Å². The Morgan fingerprint density at radius 2 is 2.28 bits per heavy atom. The largest absolute Gasteiger partial charge is 0.352 e. The second-order valence-corrected chi connectivity index (χ2v) is 6.70. The number of hydrogen-bond donors (Lipinski definition) is 2. The summed E-state index contributed by atoms with van der Waals surface area (Å²) < 4.78 is 0. The Hall–Kier alpha value is -2.58. The molecule has 0 radical (unpaired) electrons. The van der Waals surface area contributed by atoms with Crippen molar-refractivity contribution < 1.29 is 9.59 Å². The Morgan fingerprint density at radius 3 is 3.04 bits per heavy atom. The highest BCUT2D eigenvalue weighted by Gasteiger charge is 2.23. The van der Waals surface area contributed by atoms with Crippen LogP contribution in [-0.4, -0.2) is 46.3 Å². The molecular weight excluding hydrogens is 338 g/mol. The summed E-state index contributed by atoms with van der Waals surface area (Å²) in [5, 5.41) is 6.14. The number of hydrogen-bond acceptors (Lipinski definition) is 6. The van der Waals surface area contributed by atoms with Gasteiger partial charge in [0.15, 0.2) is 5.13 Å². The highest BCUT2D eigenvalue weighted by atomic mass is 32.1. The summed E-state index contributed by atoms with van der Waals surface area (Å²) >= 11 is 1.45. The third-order valence-electron chi connectivity index (χ3n) is 3.74. The zero-order valence-corrected chi connectivity index (χ0v) is 14.5. The van der Waals surface area contributed by atoms with E-state index in [1.807, 2.05) is 0 Å². The van der Waals surface area contributed by atoms with Gasteiger partial charge in [-0.3, -0.25) is 24.8 Å². The summed E-state index contributed by atoms with van der Waals surface area (Å²) in [6, 6.07) is 5.19. The van der Waals surface area contributed by atoms with Gasteiger partial charge in [-0.25, -0.2) is 4.98 Å². The van der Waals surface area contributed by atoms with Crippen LogP contribution in [0.3, 0.4) is 0 Å². The van der Waals surface area contributed by atoms with Crippen molar-refractivity contribution in [1.82, 2.24) is 20.2 Å². The molecule has 0 aromatic carbocycles. The molecule has 2 aromatic rings. The maximum atomic E-state index is 12.2. The van der Waals surface area contributed by atoms with Crippen molar-refractivity contribution >= 4 is 28.3 Å². The molecule has 0 bridgehead atoms. The molecule has 25 heavy (non-hydrogen) atoms. The molecule has 130 valence electrons. The van der Waals surface area contributed by atoms with Gasteiger partial charge in [0.05, 0.1) is 12.2 Å². The molecule has 1 aliphatic rings. The fraction of sp³-hybridized carbons (Fsp3) is 0.294. The number of thiazole rings is 1. The number of nitrogens with one attached hydrogen (secondary N) is 2. The Balaban J connectivity index is 1.60. The summed E-state index contributed by atoms with van der Waals surface area (Å²) in [7, 11) is 0. The van der Waals surface area contributed by atoms with Crippen LogP contribution in [0.4, 0.5) is 5.13 Å². The van der Waals surface area contributed by atoms with Crippen LogP contribution in [0, 0.1) is 0 Å². The minimum Gasteiger partial charge on any atom is -0.352 e. The van der Waals surface area contributed by atoms with Crippen molar-refractivity contribution in [3.05, 3.63) is 53.3 Å². The predicted molar refractivity (Wildman–Crippen MR) is 96.5 cm³/mol. The second kappa shape index (κ2) is 8.00. The summed E-state index contributed by atoms with van der Waals surface area (Å²) in [6.45, 7) is 5.84. The van der Waals surface area contributed by atoms with Crippen LogP contribution < -0.4 is 10.6 Å². The van der Waals surface area contributed by atoms with E-state index in [-0.39, 0.29) is 11.8 Å². The van der Waals surface area contributed by atoms with Crippen molar-refractivity contribution in [3.63, 3.8) is 0 Å². The number of carbonyl (C=O) groups is 2. The second-order valence-electron chi connectivity index (χ2n) is 5.61. The van der Waals surface area contributed by atoms with Crippen LogP contribution in [0.2, 0.25) is 0 Å². The number of anilines is 1. The lowest BCUT2D eigenvalue weighted by molar-refractivity contribution is -0.122. The molecule has 0 unspecified atom stereocenters. The van der Waals surface area contributed by atoms with Gasteiger partial charge in [0.25, 0.3) is 5.91 Å². The van der Waals surface area contributed by atoms with Crippen LogP contribution in [0.5, 0.6) is 0 Å². The Morgan fingerprint density at radius 1 is 1.40 bits per heavy atom. The van der Waals surface area contributed by atoms with E-state index in [1.165, 1.54) is 11.3 Å². The van der Waals surface area contributed by atoms with Gasteiger partial charge in [-0.1, -0.05) is 12.1 Å². The molecule has 8 heteroatoms. The summed E-state index contributed by atoms with van der Waals surface area (Å²) in [6.07, 6.45) is 4.00. The zero-order valence-electron chi connectivity index (χ0n) is 13.7. The molecule has 3 heterocycles. The van der Waals surface area contributed by atoms with Crippen LogP contribution in [-0.2, 0) is 17.8 Å². The Labute approximate surface area is 149 Å². The minimum absolute atomic E-state index is 0.0171. The first kappa shape index (κ1) is 17.2. The molecular formula is C17H19N5O2S. The number of fused-ring (bicyclic) bond motifs is 1. The van der Waals surface area contributed by atoms with E-state index in [9.17, 15) is 9.59 Å². The van der Waals surface area contributed by atoms with Crippen molar-refractivity contribution in [2.24, 2.45) is 0 Å². The first-order valence-corrected chi connectivity index (χ1v) is 8.78. The lowest BCUT2D eigenvalue weighted by Crippen LogP contribution is -2.39. The van der Waals surface area contributed by atoms with Crippen LogP contribution in [0.15, 0.2) is 37.1 Å². The molecule has 2 aromatic heterocycles. The van der Waals surface area contributed by atoms with E-state index < -0.39 is 0 Å². The standard InChI is InChI=1S/C17H19N5O2S/c1-2-7-19-15(23)11-22-9-6-12-14(10-22)25-17(20-12)21-16(24)13-5-3-4-8-18-13/h2-5,8H,1,6-7,9-11H2,(H,19,23)(H,20,21,24). The normalized spacial score (nSPS) is 13.8. The van der Waals surface area contributed by atoms with Gasteiger partial charge < -0.3 is 5.32 Å². The first-order chi connectivity index (χ1) is 12.2. The zero-order chi connectivity index (χ0) is 17.6. The van der Waals surface area contributed by atoms with E-state index in [4.69, 9.17) is 0 Å². The van der Waals surface area contributed by atoms with Gasteiger partial charge in [-0.05, 0) is 12.1 Å². The van der Waals surface area contributed by atoms with Gasteiger partial charge in [-0.15, -0.1) is 17.9 Å². The Bertz CT molecular complexity index is 775. The molecule has 0 aliphatic carbocycles. The topological polar surface area (TPSA) is 87.2 Å². The maximum Gasteiger partial charge on any atom is 0.276 e. The molecule has 2 N–H and O–H groups in total. The fourth-order valence-electron chi connectivity index (χ4n) is 2.54. The van der Waals surface area contributed by atoms with Crippen molar-refractivity contribution in [2.45, 2.75) is 13.0 Å². The SMILES string of the molecule is C=CCNC(=O)CN1CCc2nc(NC(=O)c3ccccn3)sc2C1. The number of nitrogens with zero attached hydrogens (tertiary/aromatic N) is 3. The van der Waals surface area contributed by atoms with E-state index >= 15 is 0 Å². The van der Waals surface area contributed by atoms with Crippen LogP contribution in [0.1, 0.15) is 21.1 Å². The summed E-state index contributed by atoms with van der Waals surface area (Å²) in [5.74, 6) is -0.288. The van der Waals surface area contributed by atoms with Gasteiger partial charge in [0, 0.05) is 37.1 Å². The van der Waals surface area contributed by atoms with Crippen LogP contribution in [0.25, 0.3) is 0 Å². The number of aromatic nitrogens is 2. The quantitative estimate of drug-likeness (QED) is 0.764. The molecule has 3 rings (SSSR count). The molecule has 2 amide bonds. The highest BCUT2D eigenvalue weighted by molar-refractivity contribution is 7.15. The van der Waals surface area contributed by atoms with Crippen molar-refractivity contribution in [3.8, 4) is 0 Å². The Kier molecular flexibility index (Phi) is 5.52. The number of rotatable bonds is 6. The minimum atomic E-state index is -0.271. The molecule has 7 nitrogen and oxygen atoms in total. The molecule has 0 saturated carbocycles. The third kappa shape index (κ3) is 4.49.